The van der Waals surface area contributed by atoms with Crippen LogP contribution >= 0.6 is 11.3 Å². The van der Waals surface area contributed by atoms with Crippen molar-refractivity contribution in [2.45, 2.75) is 76.9 Å². The van der Waals surface area contributed by atoms with Gasteiger partial charge in [-0.05, 0) is 83.0 Å². The number of thiophene rings is 1. The lowest BCUT2D eigenvalue weighted by Crippen LogP contribution is -2.54. The summed E-state index contributed by atoms with van der Waals surface area (Å²) in [6, 6.07) is 34.2. The summed E-state index contributed by atoms with van der Waals surface area (Å²) in [6.45, 7) is 3.08. The fourth-order valence-electron chi connectivity index (χ4n) is 7.60. The number of ether oxygens (including phenoxy) is 1. The van der Waals surface area contributed by atoms with Gasteiger partial charge in [-0.25, -0.2) is 4.79 Å². The van der Waals surface area contributed by atoms with Crippen LogP contribution in [0.5, 0.6) is 5.75 Å². The van der Waals surface area contributed by atoms with Crippen LogP contribution in [0.1, 0.15) is 54.7 Å². The Hall–Kier alpha value is -6.40. The number of nitrogens with one attached hydrogen (secondary N) is 3. The highest BCUT2D eigenvalue weighted by Crippen LogP contribution is 2.24. The molecule has 322 valence electrons. The van der Waals surface area contributed by atoms with Gasteiger partial charge in [0, 0.05) is 36.0 Å². The number of rotatable bonds is 12. The molecule has 1 aromatic heterocycles. The van der Waals surface area contributed by atoms with Crippen LogP contribution in [-0.2, 0) is 54.5 Å². The highest BCUT2D eigenvalue weighted by atomic mass is 32.1. The molecule has 11 nitrogen and oxygen atoms in total. The third-order valence-electron chi connectivity index (χ3n) is 11.1. The number of ketones is 2. The maximum absolute atomic E-state index is 14.6. The molecule has 2 aliphatic heterocycles. The number of aryl methyl sites for hydroxylation is 1. The van der Waals surface area contributed by atoms with Crippen LogP contribution in [0.3, 0.4) is 0 Å². The van der Waals surface area contributed by atoms with E-state index in [1.807, 2.05) is 102 Å². The van der Waals surface area contributed by atoms with Crippen molar-refractivity contribution in [2.24, 2.45) is 17.8 Å². The third-order valence-corrected chi connectivity index (χ3v) is 12.0. The first-order chi connectivity index (χ1) is 29.9. The molecule has 0 fully saturated rings. The van der Waals surface area contributed by atoms with E-state index in [0.717, 1.165) is 27.1 Å². The van der Waals surface area contributed by atoms with Gasteiger partial charge in [-0.2, -0.15) is 0 Å². The van der Waals surface area contributed by atoms with Crippen LogP contribution < -0.4 is 20.7 Å². The first-order valence-electron chi connectivity index (χ1n) is 21.0. The second-order valence-electron chi connectivity index (χ2n) is 16.2. The Labute approximate surface area is 366 Å². The largest absolute Gasteiger partial charge is 0.486 e. The molecule has 2 bridgehead atoms. The highest BCUT2D eigenvalue weighted by Gasteiger charge is 2.34. The molecule has 0 saturated carbocycles. The second kappa shape index (κ2) is 21.9. The molecule has 3 amide bonds. The normalized spacial score (nSPS) is 19.6. The lowest BCUT2D eigenvalue weighted by molar-refractivity contribution is -0.144. The number of carbonyl (C=O) groups excluding carboxylic acids is 5. The number of carbonyl (C=O) groups is 6. The van der Waals surface area contributed by atoms with Gasteiger partial charge in [0.2, 0.25) is 17.7 Å². The van der Waals surface area contributed by atoms with Crippen LogP contribution in [0.15, 0.2) is 127 Å². The van der Waals surface area contributed by atoms with E-state index in [-0.39, 0.29) is 50.9 Å². The van der Waals surface area contributed by atoms with Gasteiger partial charge in [-0.1, -0.05) is 117 Å². The summed E-state index contributed by atoms with van der Waals surface area (Å²) in [4.78, 5) is 84.0. The minimum Gasteiger partial charge on any atom is -0.486 e. The van der Waals surface area contributed by atoms with E-state index < -0.39 is 65.4 Å². The van der Waals surface area contributed by atoms with Crippen molar-refractivity contribution in [1.29, 1.82) is 0 Å². The predicted octanol–water partition coefficient (Wildman–Crippen LogP) is 6.81. The van der Waals surface area contributed by atoms with Crippen molar-refractivity contribution in [2.75, 3.05) is 6.61 Å². The smallest absolute Gasteiger partial charge is 0.326 e. The lowest BCUT2D eigenvalue weighted by Gasteiger charge is -2.26. The first-order valence-corrected chi connectivity index (χ1v) is 21.9. The van der Waals surface area contributed by atoms with Gasteiger partial charge in [0.25, 0.3) is 0 Å². The van der Waals surface area contributed by atoms with Gasteiger partial charge >= 0.3 is 5.97 Å². The summed E-state index contributed by atoms with van der Waals surface area (Å²) >= 11 is 1.47. The van der Waals surface area contributed by atoms with Gasteiger partial charge in [-0.15, -0.1) is 11.3 Å². The number of Topliss-reactive ketones (excluding diaryl/α,β-unsaturated/α-hetero) is 2. The molecule has 0 saturated heterocycles. The van der Waals surface area contributed by atoms with E-state index in [4.69, 9.17) is 4.74 Å². The SMILES string of the molecule is CC(C)[C@H](NC(=O)[C@H]1CC(=O)[C@H](CCc2ccccc2)NC(=O)[C@@H](Cc2ccc(-c3ccccc3)cc2)NC(=O)[C@H](Cc2cccs2)CC(=O)COc2ccc(cc2)C1)C(=O)O. The minimum atomic E-state index is -1.19. The van der Waals surface area contributed by atoms with Gasteiger partial charge in [0.05, 0.1) is 6.04 Å². The molecule has 0 aliphatic carbocycles. The molecule has 2 aliphatic rings. The van der Waals surface area contributed by atoms with E-state index in [2.05, 4.69) is 16.0 Å². The first kappa shape index (κ1) is 45.1. The number of aliphatic carboxylic acids is 1. The number of fused-ring (bicyclic) bond motifs is 16. The molecule has 4 aromatic carbocycles. The summed E-state index contributed by atoms with van der Waals surface area (Å²) in [5, 5.41) is 20.4. The quantitative estimate of drug-likeness (QED) is 0.106. The molecule has 3 heterocycles. The van der Waals surface area contributed by atoms with E-state index >= 15 is 0 Å². The molecule has 0 spiro atoms. The average Bonchev–Trinajstić information content (AvgIpc) is 3.79. The predicted molar refractivity (Wildman–Crippen MR) is 239 cm³/mol. The van der Waals surface area contributed by atoms with Crippen LogP contribution in [0, 0.1) is 17.8 Å². The maximum atomic E-state index is 14.6. The van der Waals surface area contributed by atoms with Gasteiger partial charge in [0.15, 0.2) is 11.6 Å². The Morgan fingerprint density at radius 3 is 2.03 bits per heavy atom. The zero-order chi connectivity index (χ0) is 44.0. The Morgan fingerprint density at radius 2 is 1.39 bits per heavy atom. The fourth-order valence-corrected chi connectivity index (χ4v) is 8.39. The molecule has 4 N–H and O–H groups in total. The fraction of sp³-hybridized carbons (Fsp3) is 0.320. The number of benzene rings is 4. The monoisotopic (exact) mass is 855 g/mol. The van der Waals surface area contributed by atoms with Gasteiger partial charge < -0.3 is 25.8 Å². The number of hydrogen-bond donors (Lipinski definition) is 4. The molecule has 5 atom stereocenters. The van der Waals surface area contributed by atoms with Crippen LogP contribution in [0.2, 0.25) is 0 Å². The Balaban J connectivity index is 1.35. The van der Waals surface area contributed by atoms with Crippen molar-refractivity contribution in [3.05, 3.63) is 148 Å². The zero-order valence-electron chi connectivity index (χ0n) is 35.0. The number of amides is 3. The lowest BCUT2D eigenvalue weighted by atomic mass is 9.89. The van der Waals surface area contributed by atoms with E-state index in [9.17, 15) is 33.9 Å². The molecular formula is C50H53N3O8S. The van der Waals surface area contributed by atoms with Gasteiger partial charge in [-0.3, -0.25) is 24.0 Å². The summed E-state index contributed by atoms with van der Waals surface area (Å²) in [7, 11) is 0. The van der Waals surface area contributed by atoms with Crippen LogP contribution in [-0.4, -0.2) is 65.1 Å². The second-order valence-corrected chi connectivity index (χ2v) is 17.2. The van der Waals surface area contributed by atoms with E-state index in [0.29, 0.717) is 17.7 Å². The third kappa shape index (κ3) is 13.1. The van der Waals surface area contributed by atoms with Crippen LogP contribution in [0.4, 0.5) is 0 Å². The Bertz CT molecular complexity index is 2280. The number of carboxylic acid groups (broad SMARTS) is 1. The molecule has 5 aromatic rings. The van der Waals surface area contributed by atoms with Crippen LogP contribution in [0.25, 0.3) is 11.1 Å². The minimum absolute atomic E-state index is 0.0831. The molecular weight excluding hydrogens is 803 g/mol. The standard InChI is InChI=1S/C50H53N3O8S/c1-32(2)46(50(59)60)53-48(57)38-26-34-17-22-41(23-18-34)61-31-40(54)28-39(29-42-14-9-25-62-42)47(56)52-44(27-35-15-20-37(21-16-35)36-12-7-4-8-13-36)49(58)51-43(45(55)30-38)24-19-33-10-5-3-6-11-33/h3-18,20-23,25,32,38-39,43-44,46H,19,24,26-31H2,1-2H3,(H,51,58)(H,52,56)(H,53,57)(H,59,60)/t38-,39+,43+,44-,46+/m1/s1. The maximum Gasteiger partial charge on any atom is 0.326 e. The summed E-state index contributed by atoms with van der Waals surface area (Å²) in [6.07, 6.45) is 0.621. The van der Waals surface area contributed by atoms with E-state index in [1.165, 1.54) is 11.3 Å². The average molecular weight is 856 g/mol. The van der Waals surface area contributed by atoms with Gasteiger partial charge in [0.1, 0.15) is 24.4 Å². The molecule has 7 rings (SSSR count). The van der Waals surface area contributed by atoms with Crippen molar-refractivity contribution in [1.82, 2.24) is 16.0 Å². The van der Waals surface area contributed by atoms with Crippen molar-refractivity contribution in [3.8, 4) is 16.9 Å². The number of hydrogen-bond acceptors (Lipinski definition) is 8. The molecule has 0 unspecified atom stereocenters. The summed E-state index contributed by atoms with van der Waals surface area (Å²) in [5.74, 6) is -5.45. The summed E-state index contributed by atoms with van der Waals surface area (Å²) < 4.78 is 5.85. The van der Waals surface area contributed by atoms with E-state index in [1.54, 1.807) is 38.1 Å². The topological polar surface area (TPSA) is 168 Å². The molecule has 0 radical (unpaired) electrons. The summed E-state index contributed by atoms with van der Waals surface area (Å²) in [5.41, 5.74) is 4.37. The zero-order valence-corrected chi connectivity index (χ0v) is 35.8. The Kier molecular flexibility index (Phi) is 16.0. The Morgan fingerprint density at radius 1 is 0.726 bits per heavy atom. The van der Waals surface area contributed by atoms with Crippen molar-refractivity contribution >= 4 is 46.6 Å². The van der Waals surface area contributed by atoms with Crippen molar-refractivity contribution < 1.29 is 38.6 Å². The highest BCUT2D eigenvalue weighted by molar-refractivity contribution is 7.09. The van der Waals surface area contributed by atoms with Crippen molar-refractivity contribution in [3.63, 3.8) is 0 Å². The molecule has 62 heavy (non-hydrogen) atoms. The number of carboxylic acids is 1. The molecule has 12 heteroatoms.